The van der Waals surface area contributed by atoms with Crippen LogP contribution in [0.1, 0.15) is 12.8 Å². The third-order valence-electron chi connectivity index (χ3n) is 2.79. The molecule has 1 aliphatic heterocycles. The van der Waals surface area contributed by atoms with Gasteiger partial charge in [0.25, 0.3) is 0 Å². The maximum absolute atomic E-state index is 13.3. The summed E-state index contributed by atoms with van der Waals surface area (Å²) in [7, 11) is 0. The van der Waals surface area contributed by atoms with Gasteiger partial charge in [0.15, 0.2) is 0 Å². The molecule has 1 fully saturated rings. The number of para-hydroxylation sites is 1. The van der Waals surface area contributed by atoms with Crippen molar-refractivity contribution < 1.29 is 18.4 Å². The number of carbonyl (C=O) groups is 2. The Labute approximate surface area is 103 Å². The minimum atomic E-state index is -1.01. The lowest BCUT2D eigenvalue weighted by Gasteiger charge is -2.14. The lowest BCUT2D eigenvalue weighted by atomic mass is 10.3. The van der Waals surface area contributed by atoms with Gasteiger partial charge in [-0.2, -0.15) is 0 Å². The van der Waals surface area contributed by atoms with Crippen LogP contribution in [-0.4, -0.2) is 29.8 Å². The van der Waals surface area contributed by atoms with Crippen molar-refractivity contribution >= 4 is 17.5 Å². The first-order chi connectivity index (χ1) is 8.59. The number of benzene rings is 1. The Kier molecular flexibility index (Phi) is 3.55. The maximum Gasteiger partial charge on any atom is 0.314 e. The summed E-state index contributed by atoms with van der Waals surface area (Å²) in [6.45, 7) is 1.01. The third-order valence-corrected chi connectivity index (χ3v) is 2.79. The molecular weight excluding hydrogens is 242 g/mol. The molecule has 0 bridgehead atoms. The predicted molar refractivity (Wildman–Crippen MR) is 60.8 cm³/mol. The van der Waals surface area contributed by atoms with E-state index in [0.717, 1.165) is 25.0 Å². The van der Waals surface area contributed by atoms with Gasteiger partial charge in [-0.3, -0.25) is 9.59 Å². The standard InChI is InChI=1S/C12H12F2N2O2/c13-8-4-3-5-9(14)10(8)15-11(17)12(18)16-6-1-2-7-16/h3-5H,1-2,6-7H2,(H,15,17). The van der Waals surface area contributed by atoms with Gasteiger partial charge in [-0.15, -0.1) is 0 Å². The summed E-state index contributed by atoms with van der Waals surface area (Å²) >= 11 is 0. The lowest BCUT2D eigenvalue weighted by Crippen LogP contribution is -2.38. The van der Waals surface area contributed by atoms with Crippen LogP contribution in [0.5, 0.6) is 0 Å². The van der Waals surface area contributed by atoms with Gasteiger partial charge in [0.2, 0.25) is 0 Å². The highest BCUT2D eigenvalue weighted by Crippen LogP contribution is 2.18. The van der Waals surface area contributed by atoms with Crippen molar-refractivity contribution in [2.75, 3.05) is 18.4 Å². The number of nitrogens with one attached hydrogen (secondary N) is 1. The third kappa shape index (κ3) is 2.47. The summed E-state index contributed by atoms with van der Waals surface area (Å²) in [5.74, 6) is -3.58. The number of hydrogen-bond acceptors (Lipinski definition) is 2. The molecule has 0 unspecified atom stereocenters. The number of nitrogens with zero attached hydrogens (tertiary/aromatic N) is 1. The Bertz CT molecular complexity index is 465. The Hall–Kier alpha value is -1.98. The highest BCUT2D eigenvalue weighted by atomic mass is 19.1. The first-order valence-corrected chi connectivity index (χ1v) is 5.64. The summed E-state index contributed by atoms with van der Waals surface area (Å²) in [5, 5.41) is 1.98. The monoisotopic (exact) mass is 254 g/mol. The minimum absolute atomic E-state index is 0.506. The van der Waals surface area contributed by atoms with Crippen molar-refractivity contribution in [3.05, 3.63) is 29.8 Å². The fourth-order valence-corrected chi connectivity index (χ4v) is 1.85. The normalized spacial score (nSPS) is 14.7. The van der Waals surface area contributed by atoms with Crippen molar-refractivity contribution in [3.8, 4) is 0 Å². The number of rotatable bonds is 1. The Balaban J connectivity index is 2.09. The van der Waals surface area contributed by atoms with E-state index in [2.05, 4.69) is 0 Å². The van der Waals surface area contributed by atoms with Crippen LogP contribution in [-0.2, 0) is 9.59 Å². The van der Waals surface area contributed by atoms with Gasteiger partial charge in [-0.1, -0.05) is 6.07 Å². The van der Waals surface area contributed by atoms with E-state index in [4.69, 9.17) is 0 Å². The van der Waals surface area contributed by atoms with Crippen LogP contribution >= 0.6 is 0 Å². The molecule has 1 aromatic rings. The largest absolute Gasteiger partial charge is 0.334 e. The molecule has 1 N–H and O–H groups in total. The van der Waals surface area contributed by atoms with E-state index >= 15 is 0 Å². The van der Waals surface area contributed by atoms with Gasteiger partial charge >= 0.3 is 11.8 Å². The van der Waals surface area contributed by atoms with Crippen molar-refractivity contribution in [1.82, 2.24) is 4.90 Å². The quantitative estimate of drug-likeness (QED) is 0.772. The predicted octanol–water partition coefficient (Wildman–Crippen LogP) is 1.53. The molecule has 0 saturated carbocycles. The van der Waals surface area contributed by atoms with Gasteiger partial charge in [0, 0.05) is 13.1 Å². The molecule has 0 radical (unpaired) electrons. The van der Waals surface area contributed by atoms with Gasteiger partial charge in [-0.25, -0.2) is 8.78 Å². The average molecular weight is 254 g/mol. The highest BCUT2D eigenvalue weighted by Gasteiger charge is 2.25. The first-order valence-electron chi connectivity index (χ1n) is 5.64. The summed E-state index contributed by atoms with van der Waals surface area (Å²) in [4.78, 5) is 24.6. The van der Waals surface area contributed by atoms with Crippen LogP contribution in [0.15, 0.2) is 18.2 Å². The summed E-state index contributed by atoms with van der Waals surface area (Å²) < 4.78 is 26.5. The zero-order valence-corrected chi connectivity index (χ0v) is 9.58. The van der Waals surface area contributed by atoms with Crippen LogP contribution < -0.4 is 5.32 Å². The highest BCUT2D eigenvalue weighted by molar-refractivity contribution is 6.39. The van der Waals surface area contributed by atoms with E-state index in [0.29, 0.717) is 13.1 Å². The lowest BCUT2D eigenvalue weighted by molar-refractivity contribution is -0.142. The van der Waals surface area contributed by atoms with Crippen LogP contribution in [0.2, 0.25) is 0 Å². The first kappa shape index (κ1) is 12.5. The number of amides is 2. The molecule has 0 aromatic heterocycles. The van der Waals surface area contributed by atoms with Crippen molar-refractivity contribution in [2.24, 2.45) is 0 Å². The van der Waals surface area contributed by atoms with E-state index in [1.807, 2.05) is 5.32 Å². The number of halogens is 2. The van der Waals surface area contributed by atoms with Crippen LogP contribution in [0.25, 0.3) is 0 Å². The molecule has 1 heterocycles. The molecular formula is C12H12F2N2O2. The molecule has 6 heteroatoms. The molecule has 1 aromatic carbocycles. The molecule has 2 rings (SSSR count). The van der Waals surface area contributed by atoms with Crippen molar-refractivity contribution in [3.63, 3.8) is 0 Å². The Morgan fingerprint density at radius 1 is 1.11 bits per heavy atom. The molecule has 2 amide bonds. The zero-order chi connectivity index (χ0) is 13.1. The molecule has 0 atom stereocenters. The molecule has 18 heavy (non-hydrogen) atoms. The van der Waals surface area contributed by atoms with Crippen molar-refractivity contribution in [2.45, 2.75) is 12.8 Å². The topological polar surface area (TPSA) is 49.4 Å². The van der Waals surface area contributed by atoms with E-state index in [1.165, 1.54) is 11.0 Å². The molecule has 0 aliphatic carbocycles. The van der Waals surface area contributed by atoms with E-state index in [1.54, 1.807) is 0 Å². The number of hydrogen-bond donors (Lipinski definition) is 1. The van der Waals surface area contributed by atoms with Crippen LogP contribution in [0.3, 0.4) is 0 Å². The molecule has 4 nitrogen and oxygen atoms in total. The fraction of sp³-hybridized carbons (Fsp3) is 0.333. The fourth-order valence-electron chi connectivity index (χ4n) is 1.85. The van der Waals surface area contributed by atoms with Gasteiger partial charge in [0.05, 0.1) is 0 Å². The second kappa shape index (κ2) is 5.12. The molecule has 0 spiro atoms. The summed E-state index contributed by atoms with van der Waals surface area (Å²) in [6.07, 6.45) is 1.68. The zero-order valence-electron chi connectivity index (χ0n) is 9.58. The number of carbonyl (C=O) groups excluding carboxylic acids is 2. The van der Waals surface area contributed by atoms with E-state index in [9.17, 15) is 18.4 Å². The summed E-state index contributed by atoms with van der Waals surface area (Å²) in [6, 6.07) is 3.21. The smallest absolute Gasteiger partial charge is 0.314 e. The SMILES string of the molecule is O=C(Nc1c(F)cccc1F)C(=O)N1CCCC1. The van der Waals surface area contributed by atoms with Crippen LogP contribution in [0, 0.1) is 11.6 Å². The summed E-state index contributed by atoms with van der Waals surface area (Å²) in [5.41, 5.74) is -0.588. The second-order valence-electron chi connectivity index (χ2n) is 4.05. The number of likely N-dealkylation sites (tertiary alicyclic amines) is 1. The number of anilines is 1. The van der Waals surface area contributed by atoms with Gasteiger partial charge < -0.3 is 10.2 Å². The van der Waals surface area contributed by atoms with E-state index < -0.39 is 29.1 Å². The second-order valence-corrected chi connectivity index (χ2v) is 4.05. The minimum Gasteiger partial charge on any atom is -0.334 e. The molecule has 1 saturated heterocycles. The van der Waals surface area contributed by atoms with Crippen LogP contribution in [0.4, 0.5) is 14.5 Å². The maximum atomic E-state index is 13.3. The van der Waals surface area contributed by atoms with Gasteiger partial charge in [0.1, 0.15) is 17.3 Å². The van der Waals surface area contributed by atoms with Gasteiger partial charge in [-0.05, 0) is 25.0 Å². The van der Waals surface area contributed by atoms with Crippen molar-refractivity contribution in [1.29, 1.82) is 0 Å². The molecule has 1 aliphatic rings. The Morgan fingerprint density at radius 2 is 1.67 bits per heavy atom. The molecule has 96 valence electrons. The van der Waals surface area contributed by atoms with E-state index in [-0.39, 0.29) is 0 Å². The average Bonchev–Trinajstić information content (AvgIpc) is 2.86. The Morgan fingerprint density at radius 3 is 2.22 bits per heavy atom.